The van der Waals surface area contributed by atoms with Gasteiger partial charge in [0.25, 0.3) is 0 Å². The van der Waals surface area contributed by atoms with Crippen molar-refractivity contribution in [2.24, 2.45) is 0 Å². The van der Waals surface area contributed by atoms with Crippen LogP contribution in [0.3, 0.4) is 0 Å². The number of hydrogen-bond acceptors (Lipinski definition) is 8. The number of methoxy groups -OCH3 is 1. The molecule has 11 nitrogen and oxygen atoms in total. The van der Waals surface area contributed by atoms with Gasteiger partial charge in [0, 0.05) is 55.7 Å². The Hall–Kier alpha value is -5.14. The third-order valence-electron chi connectivity index (χ3n) is 6.97. The number of halogens is 9. The number of benzene rings is 1. The number of carboxylic acid groups (broad SMARTS) is 3. The van der Waals surface area contributed by atoms with Crippen LogP contribution < -0.4 is 9.64 Å². The smallest absolute Gasteiger partial charge is 0.490 e. The molecule has 1 spiro atoms. The lowest BCUT2D eigenvalue weighted by Gasteiger charge is -2.26. The molecule has 5 rings (SSSR count). The Kier molecular flexibility index (Phi) is 13.9. The van der Waals surface area contributed by atoms with E-state index in [1.807, 2.05) is 36.8 Å². The number of para-hydroxylation sites is 1. The highest BCUT2D eigenvalue weighted by Crippen LogP contribution is 2.46. The van der Waals surface area contributed by atoms with Crippen molar-refractivity contribution in [1.29, 1.82) is 0 Å². The number of hydrogen-bond donors (Lipinski definition) is 3. The van der Waals surface area contributed by atoms with Crippen LogP contribution in [0.2, 0.25) is 0 Å². The number of carbonyl (C=O) groups is 3. The minimum atomic E-state index is -5.08. The van der Waals surface area contributed by atoms with E-state index in [0.717, 1.165) is 44.9 Å². The van der Waals surface area contributed by atoms with E-state index in [1.54, 1.807) is 7.11 Å². The van der Waals surface area contributed by atoms with E-state index >= 15 is 0 Å². The van der Waals surface area contributed by atoms with E-state index in [0.29, 0.717) is 0 Å². The molecule has 3 aromatic rings. The molecule has 2 aliphatic heterocycles. The molecule has 0 bridgehead atoms. The fraction of sp³-hybridized carbons (Fsp3) is 0.367. The quantitative estimate of drug-likeness (QED) is 0.284. The molecule has 20 heteroatoms. The standard InChI is InChI=1S/C24H26N4O.3C2HF3O2/c1-29-22-9-3-2-7-20(22)16-27-13-10-24(17-27)18-28(15-19-6-4-11-25-14-19)21-8-5-12-26-23(21)24;3*3-2(4,5)1(6)7/h2-9,11-12,14H,10,13,15-18H2,1H3;3*(H,6,7). The zero-order valence-electron chi connectivity index (χ0n) is 25.8. The minimum absolute atomic E-state index is 0.0980. The number of pyridine rings is 2. The third-order valence-corrected chi connectivity index (χ3v) is 6.97. The van der Waals surface area contributed by atoms with Crippen LogP contribution >= 0.6 is 0 Å². The molecule has 50 heavy (non-hydrogen) atoms. The first kappa shape index (κ1) is 41.0. The minimum Gasteiger partial charge on any atom is -0.496 e. The molecule has 1 atom stereocenters. The lowest BCUT2D eigenvalue weighted by Crippen LogP contribution is -2.36. The Balaban J connectivity index is 0.000000338. The van der Waals surface area contributed by atoms with Gasteiger partial charge >= 0.3 is 36.4 Å². The molecular weight excluding hydrogens is 699 g/mol. The van der Waals surface area contributed by atoms with Crippen molar-refractivity contribution in [3.8, 4) is 5.75 Å². The summed E-state index contributed by atoms with van der Waals surface area (Å²) in [6.07, 6.45) is -8.38. The fourth-order valence-corrected chi connectivity index (χ4v) is 4.93. The summed E-state index contributed by atoms with van der Waals surface area (Å²) in [4.78, 5) is 40.8. The van der Waals surface area contributed by atoms with Gasteiger partial charge in [0.1, 0.15) is 5.75 Å². The summed E-state index contributed by atoms with van der Waals surface area (Å²) in [5, 5.41) is 21.4. The molecule has 2 aliphatic rings. The molecule has 274 valence electrons. The first-order valence-corrected chi connectivity index (χ1v) is 13.9. The van der Waals surface area contributed by atoms with Gasteiger partial charge in [-0.15, -0.1) is 0 Å². The number of nitrogens with zero attached hydrogens (tertiary/aromatic N) is 4. The average Bonchev–Trinajstić information content (AvgIpc) is 3.57. The zero-order chi connectivity index (χ0) is 37.9. The molecule has 1 saturated heterocycles. The van der Waals surface area contributed by atoms with Gasteiger partial charge in [-0.25, -0.2) is 14.4 Å². The first-order valence-electron chi connectivity index (χ1n) is 13.9. The maximum atomic E-state index is 10.6. The van der Waals surface area contributed by atoms with E-state index in [4.69, 9.17) is 39.4 Å². The highest BCUT2D eigenvalue weighted by atomic mass is 19.4. The van der Waals surface area contributed by atoms with Crippen LogP contribution in [0.5, 0.6) is 5.75 Å². The summed E-state index contributed by atoms with van der Waals surface area (Å²) in [5.74, 6) is -7.30. The molecule has 1 aromatic carbocycles. The topological polar surface area (TPSA) is 153 Å². The Morgan fingerprint density at radius 3 is 1.82 bits per heavy atom. The predicted octanol–water partition coefficient (Wildman–Crippen LogP) is 5.55. The van der Waals surface area contributed by atoms with Crippen molar-refractivity contribution in [2.75, 3.05) is 31.6 Å². The Morgan fingerprint density at radius 2 is 1.32 bits per heavy atom. The summed E-state index contributed by atoms with van der Waals surface area (Å²) in [7, 11) is 1.75. The van der Waals surface area contributed by atoms with Gasteiger partial charge in [0.2, 0.25) is 0 Å². The van der Waals surface area contributed by atoms with Crippen LogP contribution in [0.25, 0.3) is 0 Å². The predicted molar refractivity (Wildman–Crippen MR) is 155 cm³/mol. The van der Waals surface area contributed by atoms with Gasteiger partial charge < -0.3 is 25.0 Å². The highest BCUT2D eigenvalue weighted by molar-refractivity contribution is 5.73. The highest BCUT2D eigenvalue weighted by Gasteiger charge is 2.48. The summed E-state index contributed by atoms with van der Waals surface area (Å²) >= 11 is 0. The average molecular weight is 729 g/mol. The molecule has 3 N–H and O–H groups in total. The van der Waals surface area contributed by atoms with E-state index in [2.05, 4.69) is 45.1 Å². The van der Waals surface area contributed by atoms with Crippen LogP contribution in [-0.2, 0) is 32.9 Å². The molecule has 4 heterocycles. The van der Waals surface area contributed by atoms with Crippen LogP contribution in [0.4, 0.5) is 45.2 Å². The molecule has 0 radical (unpaired) electrons. The van der Waals surface area contributed by atoms with Crippen LogP contribution in [-0.4, -0.2) is 93.4 Å². The number of fused-ring (bicyclic) bond motifs is 2. The van der Waals surface area contributed by atoms with Crippen LogP contribution in [0.15, 0.2) is 67.1 Å². The number of aromatic nitrogens is 2. The van der Waals surface area contributed by atoms with Crippen LogP contribution in [0.1, 0.15) is 23.2 Å². The van der Waals surface area contributed by atoms with Crippen molar-refractivity contribution in [3.63, 3.8) is 0 Å². The number of carboxylic acids is 3. The Labute approximate surface area is 277 Å². The molecule has 0 saturated carbocycles. The Bertz CT molecular complexity index is 1530. The number of anilines is 1. The van der Waals surface area contributed by atoms with E-state index in [9.17, 15) is 39.5 Å². The van der Waals surface area contributed by atoms with Crippen LogP contribution in [0, 0.1) is 0 Å². The fourth-order valence-electron chi connectivity index (χ4n) is 4.93. The molecule has 0 amide bonds. The monoisotopic (exact) mass is 728 g/mol. The van der Waals surface area contributed by atoms with Crippen molar-refractivity contribution >= 4 is 23.6 Å². The molecule has 1 unspecified atom stereocenters. The summed E-state index contributed by atoms with van der Waals surface area (Å²) in [5.41, 5.74) is 5.12. The van der Waals surface area contributed by atoms with E-state index in [1.165, 1.54) is 22.5 Å². The van der Waals surface area contributed by atoms with E-state index < -0.39 is 36.4 Å². The van der Waals surface area contributed by atoms with Crippen molar-refractivity contribution in [3.05, 3.63) is 83.9 Å². The van der Waals surface area contributed by atoms with Crippen molar-refractivity contribution < 1.29 is 74.0 Å². The number of likely N-dealkylation sites (tertiary alicyclic amines) is 1. The van der Waals surface area contributed by atoms with Gasteiger partial charge in [0.15, 0.2) is 0 Å². The van der Waals surface area contributed by atoms with Gasteiger partial charge in [-0.05, 0) is 42.8 Å². The third kappa shape index (κ3) is 12.1. The first-order chi connectivity index (χ1) is 23.1. The molecule has 1 fully saturated rings. The van der Waals surface area contributed by atoms with Gasteiger partial charge in [-0.3, -0.25) is 14.9 Å². The second-order valence-corrected chi connectivity index (χ2v) is 10.6. The summed E-state index contributed by atoms with van der Waals surface area (Å²) < 4.78 is 101. The number of alkyl halides is 9. The zero-order valence-corrected chi connectivity index (χ0v) is 25.8. The number of ether oxygens (including phenoxy) is 1. The van der Waals surface area contributed by atoms with Crippen molar-refractivity contribution in [2.45, 2.75) is 43.5 Å². The normalized spacial score (nSPS) is 16.9. The number of aliphatic carboxylic acids is 3. The van der Waals surface area contributed by atoms with Gasteiger partial charge in [-0.2, -0.15) is 39.5 Å². The lowest BCUT2D eigenvalue weighted by molar-refractivity contribution is -0.193. The molecule has 0 aliphatic carbocycles. The second kappa shape index (κ2) is 17.0. The van der Waals surface area contributed by atoms with Gasteiger partial charge in [0.05, 0.1) is 18.5 Å². The second-order valence-electron chi connectivity index (χ2n) is 10.6. The lowest BCUT2D eigenvalue weighted by atomic mass is 9.85. The van der Waals surface area contributed by atoms with Crippen molar-refractivity contribution in [1.82, 2.24) is 14.9 Å². The summed E-state index contributed by atoms with van der Waals surface area (Å²) in [6.45, 7) is 4.90. The Morgan fingerprint density at radius 1 is 0.780 bits per heavy atom. The maximum absolute atomic E-state index is 10.6. The largest absolute Gasteiger partial charge is 0.496 e. The van der Waals surface area contributed by atoms with Gasteiger partial charge in [-0.1, -0.05) is 24.3 Å². The summed E-state index contributed by atoms with van der Waals surface area (Å²) in [6, 6.07) is 16.8. The maximum Gasteiger partial charge on any atom is 0.490 e. The molecule has 2 aromatic heterocycles. The van der Waals surface area contributed by atoms with E-state index in [-0.39, 0.29) is 5.41 Å². The molecular formula is C30H29F9N4O7. The SMILES string of the molecule is COc1ccccc1CN1CCC2(C1)CN(Cc1cccnc1)c1cccnc12.O=C(O)C(F)(F)F.O=C(O)C(F)(F)F.O=C(O)C(F)(F)F. The number of rotatable bonds is 5.